The van der Waals surface area contributed by atoms with E-state index in [0.29, 0.717) is 38.2 Å². The molecule has 56 heavy (non-hydrogen) atoms. The van der Waals surface area contributed by atoms with E-state index in [0.717, 1.165) is 58.4 Å². The largest absolute Gasteiger partial charge is 0.353 e. The Kier molecular flexibility index (Phi) is 8.98. The highest BCUT2D eigenvalue weighted by molar-refractivity contribution is 6.23. The molecule has 0 aliphatic carbocycles. The van der Waals surface area contributed by atoms with Crippen LogP contribution < -0.4 is 15.1 Å². The lowest BCUT2D eigenvalue weighted by Crippen LogP contribution is -2.54. The number of piperazine rings is 1. The topological polar surface area (TPSA) is 153 Å². The Balaban J connectivity index is 0.830. The molecule has 5 aromatic rings. The van der Waals surface area contributed by atoms with Crippen LogP contribution in [0.5, 0.6) is 0 Å². The number of aromatic nitrogens is 4. The third-order valence-corrected chi connectivity index (χ3v) is 11.2. The number of carbonyl (C=O) groups excluding carboxylic acids is 5. The van der Waals surface area contributed by atoms with Gasteiger partial charge in [-0.05, 0) is 85.3 Å². The fraction of sp³-hybridized carbons (Fsp3) is 0.317. The van der Waals surface area contributed by atoms with Gasteiger partial charge in [0.1, 0.15) is 29.2 Å². The van der Waals surface area contributed by atoms with E-state index >= 15 is 0 Å². The van der Waals surface area contributed by atoms with Crippen LogP contribution in [0.2, 0.25) is 0 Å². The quantitative estimate of drug-likeness (QED) is 0.231. The number of pyridine rings is 1. The number of imide groups is 2. The second-order valence-corrected chi connectivity index (χ2v) is 14.6. The van der Waals surface area contributed by atoms with Crippen molar-refractivity contribution in [2.75, 3.05) is 42.5 Å². The molecular weight excluding hydrogens is 718 g/mol. The fourth-order valence-corrected chi connectivity index (χ4v) is 8.30. The monoisotopic (exact) mass is 755 g/mol. The first-order valence-corrected chi connectivity index (χ1v) is 18.9. The SMILES string of the molecule is O=C1CCC(N2C(=O)c3ccc(CCC(=O)N4CCN(c5cccc(-c6cnc7ccc(N8CCCC8c8cccc(F)c8)nn67)n5)CC4)cc3C2=O)C(=O)N1. The first-order chi connectivity index (χ1) is 27.2. The second kappa shape index (κ2) is 14.3. The van der Waals surface area contributed by atoms with Crippen molar-refractivity contribution in [2.45, 2.75) is 50.6 Å². The zero-order chi connectivity index (χ0) is 38.5. The molecule has 4 aliphatic rings. The number of hydrogen-bond acceptors (Lipinski definition) is 10. The Labute approximate surface area is 320 Å². The lowest BCUT2D eigenvalue weighted by atomic mass is 10.0. The van der Waals surface area contributed by atoms with Crippen LogP contribution in [0.4, 0.5) is 16.0 Å². The van der Waals surface area contributed by atoms with Crippen LogP contribution in [0.15, 0.2) is 79.0 Å². The van der Waals surface area contributed by atoms with Gasteiger partial charge in [0, 0.05) is 45.6 Å². The van der Waals surface area contributed by atoms with Crippen LogP contribution in [0.25, 0.3) is 17.0 Å². The van der Waals surface area contributed by atoms with Gasteiger partial charge in [0.05, 0.1) is 29.1 Å². The number of halogens is 1. The smallest absolute Gasteiger partial charge is 0.262 e. The Morgan fingerprint density at radius 1 is 0.821 bits per heavy atom. The van der Waals surface area contributed by atoms with E-state index in [9.17, 15) is 28.4 Å². The Morgan fingerprint density at radius 3 is 2.46 bits per heavy atom. The minimum Gasteiger partial charge on any atom is -0.353 e. The summed E-state index contributed by atoms with van der Waals surface area (Å²) in [4.78, 5) is 80.3. The average molecular weight is 756 g/mol. The van der Waals surface area contributed by atoms with Gasteiger partial charge < -0.3 is 14.7 Å². The maximum absolute atomic E-state index is 14.1. The van der Waals surface area contributed by atoms with Gasteiger partial charge in [-0.15, -0.1) is 5.10 Å². The summed E-state index contributed by atoms with van der Waals surface area (Å²) in [5, 5.41) is 7.19. The summed E-state index contributed by atoms with van der Waals surface area (Å²) in [5.74, 6) is -0.884. The number of rotatable bonds is 8. The average Bonchev–Trinajstić information content (AvgIpc) is 3.94. The highest BCUT2D eigenvalue weighted by Gasteiger charge is 2.44. The number of aryl methyl sites for hydroxylation is 1. The first kappa shape index (κ1) is 35.2. The Hall–Kier alpha value is -6.51. The molecule has 1 N–H and O–H groups in total. The molecule has 4 aliphatic heterocycles. The summed E-state index contributed by atoms with van der Waals surface area (Å²) in [6.07, 6.45) is 4.42. The lowest BCUT2D eigenvalue weighted by Gasteiger charge is -2.35. The number of anilines is 2. The first-order valence-electron chi connectivity index (χ1n) is 18.9. The molecule has 0 saturated carbocycles. The van der Waals surface area contributed by atoms with Crippen molar-refractivity contribution in [2.24, 2.45) is 0 Å². The molecule has 2 unspecified atom stereocenters. The van der Waals surface area contributed by atoms with Crippen molar-refractivity contribution in [3.8, 4) is 11.4 Å². The van der Waals surface area contributed by atoms with E-state index < -0.39 is 29.7 Å². The van der Waals surface area contributed by atoms with Crippen LogP contribution in [-0.2, 0) is 20.8 Å². The van der Waals surface area contributed by atoms with Gasteiger partial charge in [0.2, 0.25) is 17.7 Å². The molecular formula is C41H38FN9O5. The van der Waals surface area contributed by atoms with E-state index in [2.05, 4.69) is 20.1 Å². The summed E-state index contributed by atoms with van der Waals surface area (Å²) in [6.45, 7) is 3.05. The minimum absolute atomic E-state index is 0.00956. The van der Waals surface area contributed by atoms with Gasteiger partial charge in [-0.3, -0.25) is 34.2 Å². The van der Waals surface area contributed by atoms with Crippen LogP contribution in [0.3, 0.4) is 0 Å². The summed E-state index contributed by atoms with van der Waals surface area (Å²) in [5.41, 5.74) is 4.25. The van der Waals surface area contributed by atoms with Crippen molar-refractivity contribution in [1.82, 2.24) is 34.7 Å². The molecule has 0 radical (unpaired) electrons. The van der Waals surface area contributed by atoms with E-state index in [-0.39, 0.29) is 48.2 Å². The van der Waals surface area contributed by atoms with E-state index in [4.69, 9.17) is 10.1 Å². The van der Waals surface area contributed by atoms with Crippen molar-refractivity contribution in [3.05, 3.63) is 107 Å². The predicted octanol–water partition coefficient (Wildman–Crippen LogP) is 3.95. The standard InChI is InChI=1S/C41H38FN9O5/c42-27-5-1-4-26(23-27)31-7-3-17-49(31)36-14-13-34-43-24-33(51(34)46-36)30-6-2-8-35(44-30)47-18-20-48(21-19-47)38(53)16-10-25-9-11-28-29(22-25)41(56)50(40(28)55)32-12-15-37(52)45-39(32)54/h1-2,4-6,8-9,11,13-14,22-24,31-32H,3,7,10,12,15-21H2,(H,45,52,54). The van der Waals surface area contributed by atoms with Crippen LogP contribution in [0, 0.1) is 5.82 Å². The second-order valence-electron chi connectivity index (χ2n) is 14.6. The van der Waals surface area contributed by atoms with Crippen LogP contribution >= 0.6 is 0 Å². The number of fused-ring (bicyclic) bond motifs is 2. The number of hydrogen-bond donors (Lipinski definition) is 1. The van der Waals surface area contributed by atoms with Crippen molar-refractivity contribution < 1.29 is 28.4 Å². The third-order valence-electron chi connectivity index (χ3n) is 11.2. The number of amides is 5. The number of piperidine rings is 1. The molecule has 3 fully saturated rings. The van der Waals surface area contributed by atoms with Gasteiger partial charge in [0.25, 0.3) is 11.8 Å². The molecule has 284 valence electrons. The Bertz CT molecular complexity index is 2430. The van der Waals surface area contributed by atoms with Crippen LogP contribution in [0.1, 0.15) is 70.0 Å². The van der Waals surface area contributed by atoms with Crippen molar-refractivity contribution >= 4 is 46.8 Å². The summed E-state index contributed by atoms with van der Waals surface area (Å²) < 4.78 is 15.9. The molecule has 2 atom stereocenters. The summed E-state index contributed by atoms with van der Waals surface area (Å²) in [7, 11) is 0. The van der Waals surface area contributed by atoms with Gasteiger partial charge in [-0.25, -0.2) is 18.9 Å². The normalized spacial score (nSPS) is 19.9. The van der Waals surface area contributed by atoms with E-state index in [1.54, 1.807) is 36.5 Å². The minimum atomic E-state index is -1.03. The summed E-state index contributed by atoms with van der Waals surface area (Å²) >= 11 is 0. The zero-order valence-corrected chi connectivity index (χ0v) is 30.4. The zero-order valence-electron chi connectivity index (χ0n) is 30.4. The maximum atomic E-state index is 14.1. The van der Waals surface area contributed by atoms with Crippen molar-refractivity contribution in [1.29, 1.82) is 0 Å². The molecule has 2 aromatic carbocycles. The number of nitrogens with zero attached hydrogens (tertiary/aromatic N) is 8. The lowest BCUT2D eigenvalue weighted by molar-refractivity contribution is -0.136. The predicted molar refractivity (Wildman–Crippen MR) is 202 cm³/mol. The molecule has 3 saturated heterocycles. The molecule has 3 aromatic heterocycles. The van der Waals surface area contributed by atoms with Crippen LogP contribution in [-0.4, -0.2) is 97.7 Å². The number of benzene rings is 2. The van der Waals surface area contributed by atoms with Gasteiger partial charge in [0.15, 0.2) is 5.65 Å². The fourth-order valence-electron chi connectivity index (χ4n) is 8.30. The van der Waals surface area contributed by atoms with E-state index in [1.165, 1.54) is 6.07 Å². The highest BCUT2D eigenvalue weighted by Crippen LogP contribution is 2.36. The van der Waals surface area contributed by atoms with Gasteiger partial charge >= 0.3 is 0 Å². The van der Waals surface area contributed by atoms with Gasteiger partial charge in [-0.1, -0.05) is 24.3 Å². The highest BCUT2D eigenvalue weighted by atomic mass is 19.1. The number of nitrogens with one attached hydrogen (secondary N) is 1. The van der Waals surface area contributed by atoms with Gasteiger partial charge in [-0.2, -0.15) is 0 Å². The Morgan fingerprint density at radius 2 is 1.64 bits per heavy atom. The molecule has 14 nitrogen and oxygen atoms in total. The van der Waals surface area contributed by atoms with Crippen molar-refractivity contribution in [3.63, 3.8) is 0 Å². The molecule has 7 heterocycles. The third kappa shape index (κ3) is 6.42. The molecule has 5 amide bonds. The molecule has 0 spiro atoms. The molecule has 15 heteroatoms. The molecule has 9 rings (SSSR count). The molecule has 0 bridgehead atoms. The number of carbonyl (C=O) groups is 5. The maximum Gasteiger partial charge on any atom is 0.262 e. The summed E-state index contributed by atoms with van der Waals surface area (Å²) in [6, 6.07) is 20.5. The number of imidazole rings is 1. The van der Waals surface area contributed by atoms with E-state index in [1.807, 2.05) is 45.8 Å².